The third kappa shape index (κ3) is 14.4. The Balaban J connectivity index is 0.000000142. The Bertz CT molecular complexity index is 5960. The summed E-state index contributed by atoms with van der Waals surface area (Å²) in [4.78, 5) is 79.4. The highest BCUT2D eigenvalue weighted by molar-refractivity contribution is 5.88. The third-order valence-corrected chi connectivity index (χ3v) is 16.9. The summed E-state index contributed by atoms with van der Waals surface area (Å²) in [6.07, 6.45) is 17.7. The highest BCUT2D eigenvalue weighted by Crippen LogP contribution is 2.36. The van der Waals surface area contributed by atoms with E-state index in [2.05, 4.69) is 90.2 Å². The normalized spacial score (nSPS) is 11.7. The third-order valence-electron chi connectivity index (χ3n) is 16.9. The monoisotopic (exact) mass is 1420 g/mol. The van der Waals surface area contributed by atoms with Crippen LogP contribution in [0.15, 0.2) is 208 Å². The zero-order valence-electron chi connectivity index (χ0n) is 58.4. The van der Waals surface area contributed by atoms with Crippen LogP contribution in [0.1, 0.15) is 79.0 Å². The number of para-hydroxylation sites is 3. The van der Waals surface area contributed by atoms with Gasteiger partial charge in [0.25, 0.3) is 16.7 Å². The summed E-state index contributed by atoms with van der Waals surface area (Å²) < 4.78 is 11.4. The number of pyridine rings is 3. The number of terminal acetylenes is 2. The van der Waals surface area contributed by atoms with Gasteiger partial charge in [-0.2, -0.15) is 14.9 Å². The molecule has 0 amide bonds. The van der Waals surface area contributed by atoms with E-state index in [4.69, 9.17) is 49.5 Å². The van der Waals surface area contributed by atoms with Crippen LogP contribution in [0, 0.1) is 43.5 Å². The number of nitrogens with two attached hydrogens (primary N) is 3. The van der Waals surface area contributed by atoms with Gasteiger partial charge in [0.2, 0.25) is 17.5 Å². The van der Waals surface area contributed by atoms with Crippen LogP contribution in [0.2, 0.25) is 0 Å². The molecule has 0 saturated heterocycles. The van der Waals surface area contributed by atoms with Crippen LogP contribution in [0.25, 0.3) is 83.9 Å². The summed E-state index contributed by atoms with van der Waals surface area (Å²) in [5.41, 5.74) is 25.9. The predicted octanol–water partition coefficient (Wildman–Crippen LogP) is 9.26. The molecule has 10 N–H and O–H groups in total. The molecule has 3 atom stereocenters. The van der Waals surface area contributed by atoms with Gasteiger partial charge in [-0.15, -0.1) is 23.0 Å². The van der Waals surface area contributed by atoms with Crippen LogP contribution in [0.3, 0.4) is 0 Å². The molecule has 0 spiro atoms. The highest BCUT2D eigenvalue weighted by Gasteiger charge is 2.27. The lowest BCUT2D eigenvalue weighted by Gasteiger charge is -2.21. The molecule has 528 valence electrons. The summed E-state index contributed by atoms with van der Waals surface area (Å²) in [5.74, 6) is 14.9. The van der Waals surface area contributed by atoms with Gasteiger partial charge >= 0.3 is 0 Å². The van der Waals surface area contributed by atoms with Crippen LogP contribution in [0.4, 0.5) is 34.5 Å². The zero-order chi connectivity index (χ0) is 75.0. The van der Waals surface area contributed by atoms with Gasteiger partial charge in [0.15, 0.2) is 5.82 Å². The standard InChI is InChI=1S/C27H24N8O2.C26H21N7O2.C25H21N9O/c1-17(31-24-23(20(28)13-14-29-24)25-30-16-34(2)33-25)26-32-21-12-6-8-18(9-7-15-36)22(21)27(37)35(26)19-10-4-3-5-11-19;1-4-17-9-8-12-20-21(17)26(34)33(18-10-6-5-7-11-18)25(31-20)15(2)29-23-22(19(27)13-14-28-23)24-30-16(3)35-32-24;1-4-16-9-8-12-19-20(16)25(35)34(17-10-6-5-7-11-17)24(29-19)15(2)28-22-21(18(26)13-14-27-22)23-30-32-33(3)31-23/h3-6,8,10-14,16-17,36H,15H2,1-2H3,(H3,28,29,31);1,5-15H,2-3H3,(H3,27,28,29);1,5-15H,2-3H3,(H3,26,27,28)/t17-;2*15-/m000/s1. The second-order valence-corrected chi connectivity index (χ2v) is 24.1. The summed E-state index contributed by atoms with van der Waals surface area (Å²) in [6.45, 7) is 7.05. The second kappa shape index (κ2) is 30.7. The van der Waals surface area contributed by atoms with Gasteiger partial charge in [-0.25, -0.2) is 34.9 Å². The van der Waals surface area contributed by atoms with E-state index in [9.17, 15) is 19.5 Å². The molecule has 29 heteroatoms. The van der Waals surface area contributed by atoms with Crippen LogP contribution in [-0.2, 0) is 14.1 Å². The lowest BCUT2D eigenvalue weighted by molar-refractivity contribution is 0.350. The largest absolute Gasteiger partial charge is 0.398 e. The molecular formula is C78H66N24O5. The number of aliphatic hydroxyl groups is 1. The fourth-order valence-electron chi connectivity index (χ4n) is 12.1. The SMILES string of the molecule is C#Cc1cccc2nc([C@H](C)Nc3nccc(N)c3-c3nnn(C)n3)n(-c3ccccc3)c(=O)c12.C#Cc1cccc2nc([C@H](C)Nc3nccc(N)c3-c3noc(C)n3)n(-c3ccccc3)c(=O)c12.C[C@H](Nc1nccc(N)c1-c1ncn(C)n1)c1nc2cccc(C#CCO)c2c(=O)n1-c1ccccc1. The van der Waals surface area contributed by atoms with Crippen molar-refractivity contribution < 1.29 is 9.63 Å². The molecule has 9 aromatic heterocycles. The fraction of sp³-hybridized carbons (Fsp3) is 0.128. The predicted molar refractivity (Wildman–Crippen MR) is 410 cm³/mol. The second-order valence-electron chi connectivity index (χ2n) is 24.1. The number of hydrogen-bond donors (Lipinski definition) is 7. The summed E-state index contributed by atoms with van der Waals surface area (Å²) in [5, 5.41) is 41.0. The van der Waals surface area contributed by atoms with Gasteiger partial charge in [0, 0.05) is 66.3 Å². The van der Waals surface area contributed by atoms with E-state index in [-0.39, 0.29) is 23.3 Å². The van der Waals surface area contributed by atoms with Crippen LogP contribution in [-0.4, -0.2) is 100 Å². The van der Waals surface area contributed by atoms with Crippen molar-refractivity contribution in [2.45, 2.75) is 45.8 Å². The summed E-state index contributed by atoms with van der Waals surface area (Å²) in [6, 6.07) is 47.3. The molecule has 15 rings (SSSR count). The molecule has 0 unspecified atom stereocenters. The molecule has 0 fully saturated rings. The quantitative estimate of drug-likeness (QED) is 0.0470. The Morgan fingerprint density at radius 3 is 1.23 bits per heavy atom. The van der Waals surface area contributed by atoms with Crippen LogP contribution in [0.5, 0.6) is 0 Å². The van der Waals surface area contributed by atoms with Gasteiger partial charge in [0.1, 0.15) is 47.9 Å². The van der Waals surface area contributed by atoms with Crippen molar-refractivity contribution in [1.29, 1.82) is 0 Å². The van der Waals surface area contributed by atoms with Gasteiger partial charge < -0.3 is 42.8 Å². The van der Waals surface area contributed by atoms with E-state index < -0.39 is 18.1 Å². The fourth-order valence-corrected chi connectivity index (χ4v) is 12.1. The average molecular weight is 1420 g/mol. The Morgan fingerprint density at radius 2 is 0.879 bits per heavy atom. The number of fused-ring (bicyclic) bond motifs is 3. The number of aryl methyl sites for hydroxylation is 3. The molecule has 0 aliphatic rings. The smallest absolute Gasteiger partial charge is 0.267 e. The first-order valence-electron chi connectivity index (χ1n) is 33.2. The van der Waals surface area contributed by atoms with E-state index in [0.29, 0.717) is 159 Å². The number of aliphatic hydroxyl groups excluding tert-OH is 1. The number of tetrazole rings is 1. The van der Waals surface area contributed by atoms with Gasteiger partial charge in [-0.3, -0.25) is 32.8 Å². The van der Waals surface area contributed by atoms with Gasteiger partial charge in [-0.05, 0) is 117 Å². The molecule has 107 heavy (non-hydrogen) atoms. The molecule has 0 saturated carbocycles. The molecule has 6 aromatic carbocycles. The first-order valence-corrected chi connectivity index (χ1v) is 33.2. The Labute approximate surface area is 610 Å². The molecule has 0 radical (unpaired) electrons. The molecular weight excluding hydrogens is 1350 g/mol. The van der Waals surface area contributed by atoms with Gasteiger partial charge in [-0.1, -0.05) is 102 Å². The lowest BCUT2D eigenvalue weighted by Crippen LogP contribution is -2.28. The maximum Gasteiger partial charge on any atom is 0.267 e. The van der Waals surface area contributed by atoms with E-state index in [1.807, 2.05) is 112 Å². The minimum Gasteiger partial charge on any atom is -0.398 e. The lowest BCUT2D eigenvalue weighted by atomic mass is 10.1. The Hall–Kier alpha value is -15.0. The number of hydrogen-bond acceptors (Lipinski definition) is 24. The maximum atomic E-state index is 13.9. The zero-order valence-corrected chi connectivity index (χ0v) is 58.4. The molecule has 29 nitrogen and oxygen atoms in total. The van der Waals surface area contributed by atoms with Crippen molar-refractivity contribution in [2.75, 3.05) is 39.8 Å². The number of anilines is 6. The van der Waals surface area contributed by atoms with E-state index in [1.165, 1.54) is 4.80 Å². The number of nitrogens with one attached hydrogen (secondary N) is 3. The number of nitrogen functional groups attached to an aromatic ring is 3. The topological polar surface area (TPSA) is 391 Å². The molecule has 0 aliphatic carbocycles. The highest BCUT2D eigenvalue weighted by atomic mass is 16.5. The average Bonchev–Trinajstić information content (AvgIpc) is 1.05. The van der Waals surface area contributed by atoms with Crippen molar-refractivity contribution in [2.24, 2.45) is 14.1 Å². The van der Waals surface area contributed by atoms with Crippen molar-refractivity contribution in [3.05, 3.63) is 260 Å². The van der Waals surface area contributed by atoms with E-state index in [0.717, 1.165) is 0 Å². The number of rotatable bonds is 15. The minimum atomic E-state index is -0.471. The summed E-state index contributed by atoms with van der Waals surface area (Å²) in [7, 11) is 3.44. The van der Waals surface area contributed by atoms with E-state index in [1.54, 1.807) is 137 Å². The van der Waals surface area contributed by atoms with Crippen LogP contribution < -0.4 is 49.8 Å². The van der Waals surface area contributed by atoms with Crippen LogP contribution >= 0.6 is 0 Å². The van der Waals surface area contributed by atoms with Crippen molar-refractivity contribution in [1.82, 2.24) is 88.7 Å². The maximum absolute atomic E-state index is 13.9. The Morgan fingerprint density at radius 1 is 0.486 bits per heavy atom. The Kier molecular flexibility index (Phi) is 20.2. The van der Waals surface area contributed by atoms with Crippen molar-refractivity contribution >= 4 is 67.2 Å². The minimum absolute atomic E-state index is 0.255. The van der Waals surface area contributed by atoms with Crippen molar-refractivity contribution in [3.63, 3.8) is 0 Å². The molecule has 15 aromatic rings. The first kappa shape index (κ1) is 70.4. The number of aromatic nitrogens is 18. The molecule has 0 aliphatic heterocycles. The first-order chi connectivity index (χ1) is 51.9. The van der Waals surface area contributed by atoms with Crippen molar-refractivity contribution in [3.8, 4) is 87.8 Å². The van der Waals surface area contributed by atoms with Gasteiger partial charge in [0.05, 0.1) is 91.6 Å². The summed E-state index contributed by atoms with van der Waals surface area (Å²) >= 11 is 0. The number of benzene rings is 6. The number of nitrogens with zero attached hydrogens (tertiary/aromatic N) is 18. The molecule has 9 heterocycles. The van der Waals surface area contributed by atoms with E-state index >= 15 is 0 Å². The molecule has 0 bridgehead atoms.